The summed E-state index contributed by atoms with van der Waals surface area (Å²) in [6.07, 6.45) is 0. The molecule has 4 rings (SSSR count). The first-order chi connectivity index (χ1) is 12.6. The summed E-state index contributed by atoms with van der Waals surface area (Å²) < 4.78 is 5.18. The second-order valence-electron chi connectivity index (χ2n) is 5.99. The number of benzene rings is 1. The zero-order valence-electron chi connectivity index (χ0n) is 14.4. The van der Waals surface area contributed by atoms with Gasteiger partial charge in [-0.2, -0.15) is 0 Å². The predicted molar refractivity (Wildman–Crippen MR) is 96.5 cm³/mol. The summed E-state index contributed by atoms with van der Waals surface area (Å²) in [5.41, 5.74) is 4.37. The summed E-state index contributed by atoms with van der Waals surface area (Å²) in [5, 5.41) is 6.78. The Hall–Kier alpha value is -3.48. The number of aryl methyl sites for hydroxylation is 2. The number of H-pyrrole nitrogens is 1. The van der Waals surface area contributed by atoms with Crippen LogP contribution in [0.15, 0.2) is 47.0 Å². The molecule has 0 radical (unpaired) electrons. The van der Waals surface area contributed by atoms with Crippen LogP contribution in [0.25, 0.3) is 22.3 Å². The Labute approximate surface area is 149 Å². The molecule has 0 bridgehead atoms. The number of aromatic nitrogens is 4. The SMILES string of the molecule is Cc1noc(C)c1-c1cccc(C(=O)NCc2nc3ccccc3[nH]2)n1. The summed E-state index contributed by atoms with van der Waals surface area (Å²) in [7, 11) is 0. The first-order valence-corrected chi connectivity index (χ1v) is 8.24. The largest absolute Gasteiger partial charge is 0.361 e. The number of rotatable bonds is 4. The van der Waals surface area contributed by atoms with Crippen molar-refractivity contribution in [2.75, 3.05) is 0 Å². The molecule has 26 heavy (non-hydrogen) atoms. The van der Waals surface area contributed by atoms with E-state index in [9.17, 15) is 4.79 Å². The first-order valence-electron chi connectivity index (χ1n) is 8.24. The zero-order valence-corrected chi connectivity index (χ0v) is 14.4. The topological polar surface area (TPSA) is 96.7 Å². The minimum Gasteiger partial charge on any atom is -0.361 e. The molecule has 4 aromatic rings. The van der Waals surface area contributed by atoms with E-state index < -0.39 is 0 Å². The summed E-state index contributed by atoms with van der Waals surface area (Å²) >= 11 is 0. The number of hydrogen-bond donors (Lipinski definition) is 2. The van der Waals surface area contributed by atoms with Gasteiger partial charge in [0.1, 0.15) is 17.3 Å². The Balaban J connectivity index is 1.52. The van der Waals surface area contributed by atoms with Crippen LogP contribution in [0, 0.1) is 13.8 Å². The van der Waals surface area contributed by atoms with Crippen LogP contribution in [0.4, 0.5) is 0 Å². The lowest BCUT2D eigenvalue weighted by Gasteiger charge is -2.05. The van der Waals surface area contributed by atoms with Crippen molar-refractivity contribution in [3.05, 3.63) is 65.4 Å². The molecule has 130 valence electrons. The van der Waals surface area contributed by atoms with Crippen LogP contribution in [0.5, 0.6) is 0 Å². The molecule has 0 fully saturated rings. The number of carbonyl (C=O) groups excluding carboxylic acids is 1. The molecule has 0 saturated heterocycles. The molecule has 7 heteroatoms. The van der Waals surface area contributed by atoms with Crippen molar-refractivity contribution in [3.8, 4) is 11.3 Å². The van der Waals surface area contributed by atoms with Crippen LogP contribution in [-0.4, -0.2) is 26.0 Å². The number of amides is 1. The molecule has 0 aliphatic carbocycles. The molecule has 0 aliphatic heterocycles. The third kappa shape index (κ3) is 2.95. The summed E-state index contributed by atoms with van der Waals surface area (Å²) in [4.78, 5) is 24.6. The van der Waals surface area contributed by atoms with Gasteiger partial charge in [-0.05, 0) is 38.1 Å². The van der Waals surface area contributed by atoms with Gasteiger partial charge in [-0.15, -0.1) is 0 Å². The number of fused-ring (bicyclic) bond motifs is 1. The molecule has 3 aromatic heterocycles. The van der Waals surface area contributed by atoms with Gasteiger partial charge in [0, 0.05) is 0 Å². The van der Waals surface area contributed by atoms with E-state index in [1.54, 1.807) is 12.1 Å². The number of para-hydroxylation sites is 2. The van der Waals surface area contributed by atoms with Crippen molar-refractivity contribution in [1.82, 2.24) is 25.4 Å². The summed E-state index contributed by atoms with van der Waals surface area (Å²) in [6, 6.07) is 13.0. The fourth-order valence-electron chi connectivity index (χ4n) is 2.89. The van der Waals surface area contributed by atoms with Crippen LogP contribution < -0.4 is 5.32 Å². The zero-order chi connectivity index (χ0) is 18.1. The van der Waals surface area contributed by atoms with E-state index in [1.165, 1.54) is 0 Å². The molecule has 0 aliphatic rings. The fraction of sp³-hybridized carbons (Fsp3) is 0.158. The lowest BCUT2D eigenvalue weighted by molar-refractivity contribution is 0.0945. The molecular formula is C19H17N5O2. The molecule has 2 N–H and O–H groups in total. The maximum absolute atomic E-state index is 12.5. The first kappa shape index (κ1) is 16.0. The molecule has 3 heterocycles. The predicted octanol–water partition coefficient (Wildman–Crippen LogP) is 3.16. The second kappa shape index (κ2) is 6.44. The van der Waals surface area contributed by atoms with E-state index in [4.69, 9.17) is 4.52 Å². The normalized spacial score (nSPS) is 11.0. The van der Waals surface area contributed by atoms with Crippen molar-refractivity contribution in [1.29, 1.82) is 0 Å². The molecule has 0 spiro atoms. The van der Waals surface area contributed by atoms with E-state index in [0.717, 1.165) is 22.3 Å². The standard InChI is InChI=1S/C19H17N5O2/c1-11-18(12(2)26-24-11)15-8-5-9-16(21-15)19(25)20-10-17-22-13-6-3-4-7-14(13)23-17/h3-9H,10H2,1-2H3,(H,20,25)(H,22,23). The molecule has 0 atom stereocenters. The van der Waals surface area contributed by atoms with Crippen molar-refractivity contribution >= 4 is 16.9 Å². The number of pyridine rings is 1. The van der Waals surface area contributed by atoms with Crippen LogP contribution in [-0.2, 0) is 6.54 Å². The van der Waals surface area contributed by atoms with Crippen LogP contribution in [0.3, 0.4) is 0 Å². The highest BCUT2D eigenvalue weighted by Crippen LogP contribution is 2.25. The minimum absolute atomic E-state index is 0.265. The van der Waals surface area contributed by atoms with E-state index in [1.807, 2.05) is 44.2 Å². The van der Waals surface area contributed by atoms with Gasteiger partial charge in [0.25, 0.3) is 5.91 Å². The lowest BCUT2D eigenvalue weighted by Crippen LogP contribution is -2.24. The Kier molecular flexibility index (Phi) is 3.96. The average molecular weight is 347 g/mol. The molecule has 0 unspecified atom stereocenters. The van der Waals surface area contributed by atoms with E-state index in [2.05, 4.69) is 25.4 Å². The van der Waals surface area contributed by atoms with Gasteiger partial charge in [-0.3, -0.25) is 4.79 Å². The molecule has 7 nitrogen and oxygen atoms in total. The fourth-order valence-corrected chi connectivity index (χ4v) is 2.89. The maximum Gasteiger partial charge on any atom is 0.270 e. The van der Waals surface area contributed by atoms with Crippen molar-refractivity contribution in [3.63, 3.8) is 0 Å². The number of aromatic amines is 1. The Morgan fingerprint density at radius 3 is 2.73 bits per heavy atom. The van der Waals surface area contributed by atoms with Crippen molar-refractivity contribution < 1.29 is 9.32 Å². The van der Waals surface area contributed by atoms with Crippen LogP contribution in [0.2, 0.25) is 0 Å². The second-order valence-corrected chi connectivity index (χ2v) is 5.99. The molecular weight excluding hydrogens is 330 g/mol. The highest BCUT2D eigenvalue weighted by molar-refractivity contribution is 5.92. The highest BCUT2D eigenvalue weighted by atomic mass is 16.5. The van der Waals surface area contributed by atoms with Gasteiger partial charge in [0.2, 0.25) is 0 Å². The Bertz CT molecular complexity index is 1040. The van der Waals surface area contributed by atoms with Crippen molar-refractivity contribution in [2.24, 2.45) is 0 Å². The third-order valence-electron chi connectivity index (χ3n) is 4.13. The third-order valence-corrected chi connectivity index (χ3v) is 4.13. The van der Waals surface area contributed by atoms with Gasteiger partial charge >= 0.3 is 0 Å². The van der Waals surface area contributed by atoms with Crippen LogP contribution in [0.1, 0.15) is 27.8 Å². The number of imidazole rings is 1. The smallest absolute Gasteiger partial charge is 0.270 e. The number of hydrogen-bond acceptors (Lipinski definition) is 5. The summed E-state index contributed by atoms with van der Waals surface area (Å²) in [5.74, 6) is 1.11. The average Bonchev–Trinajstić information content (AvgIpc) is 3.22. The summed E-state index contributed by atoms with van der Waals surface area (Å²) in [6.45, 7) is 3.97. The molecule has 1 amide bonds. The number of nitrogens with zero attached hydrogens (tertiary/aromatic N) is 3. The quantitative estimate of drug-likeness (QED) is 0.591. The van der Waals surface area contributed by atoms with Gasteiger partial charge in [0.15, 0.2) is 0 Å². The van der Waals surface area contributed by atoms with E-state index in [0.29, 0.717) is 29.5 Å². The number of carbonyl (C=O) groups is 1. The lowest BCUT2D eigenvalue weighted by atomic mass is 10.1. The Morgan fingerprint density at radius 1 is 1.12 bits per heavy atom. The minimum atomic E-state index is -0.265. The van der Waals surface area contributed by atoms with Gasteiger partial charge in [0.05, 0.1) is 34.5 Å². The van der Waals surface area contributed by atoms with E-state index in [-0.39, 0.29) is 5.91 Å². The highest BCUT2D eigenvalue weighted by Gasteiger charge is 2.15. The van der Waals surface area contributed by atoms with Gasteiger partial charge < -0.3 is 14.8 Å². The van der Waals surface area contributed by atoms with Gasteiger partial charge in [-0.1, -0.05) is 23.4 Å². The van der Waals surface area contributed by atoms with Gasteiger partial charge in [-0.25, -0.2) is 9.97 Å². The van der Waals surface area contributed by atoms with Crippen molar-refractivity contribution in [2.45, 2.75) is 20.4 Å². The molecule has 0 saturated carbocycles. The monoisotopic (exact) mass is 347 g/mol. The maximum atomic E-state index is 12.5. The van der Waals surface area contributed by atoms with Crippen LogP contribution >= 0.6 is 0 Å². The van der Waals surface area contributed by atoms with E-state index >= 15 is 0 Å². The molecule has 1 aromatic carbocycles. The Morgan fingerprint density at radius 2 is 1.96 bits per heavy atom. The number of nitrogens with one attached hydrogen (secondary N) is 2.